The fraction of sp³-hybridized carbons (Fsp3) is 0.0588. The third kappa shape index (κ3) is 3.02. The van der Waals surface area contributed by atoms with Gasteiger partial charge < -0.3 is 0 Å². The number of amides is 2. The quantitative estimate of drug-likeness (QED) is 0.715. The summed E-state index contributed by atoms with van der Waals surface area (Å²) < 4.78 is 13.3. The molecule has 3 nitrogen and oxygen atoms in total. The second-order valence-corrected chi connectivity index (χ2v) is 6.37. The molecule has 0 aromatic heterocycles. The van der Waals surface area contributed by atoms with Crippen molar-refractivity contribution in [2.75, 3.05) is 4.90 Å². The topological polar surface area (TPSA) is 37.4 Å². The third-order valence-electron chi connectivity index (χ3n) is 3.43. The zero-order valence-corrected chi connectivity index (χ0v) is 13.6. The minimum absolute atomic E-state index is 0.135. The molecule has 1 heterocycles. The highest BCUT2D eigenvalue weighted by Gasteiger charge is 2.36. The van der Waals surface area contributed by atoms with Gasteiger partial charge in [-0.3, -0.25) is 9.59 Å². The molecule has 0 radical (unpaired) electrons. The van der Waals surface area contributed by atoms with Gasteiger partial charge in [-0.2, -0.15) is 0 Å². The molecule has 0 atom stereocenters. The number of rotatable bonds is 2. The Kier molecular flexibility index (Phi) is 4.24. The maximum Gasteiger partial charge on any atom is 0.298 e. The Morgan fingerprint density at radius 1 is 1.17 bits per heavy atom. The summed E-state index contributed by atoms with van der Waals surface area (Å²) in [6, 6.07) is 11.3. The number of thioether (sulfide) groups is 1. The Balaban J connectivity index is 1.97. The lowest BCUT2D eigenvalue weighted by molar-refractivity contribution is -0.113. The van der Waals surface area contributed by atoms with Gasteiger partial charge in [0.25, 0.3) is 11.1 Å². The predicted molar refractivity (Wildman–Crippen MR) is 91.0 cm³/mol. The average molecular weight is 348 g/mol. The lowest BCUT2D eigenvalue weighted by Crippen LogP contribution is -2.27. The highest BCUT2D eigenvalue weighted by molar-refractivity contribution is 8.19. The Hall–Kier alpha value is -2.11. The molecule has 23 heavy (non-hydrogen) atoms. The van der Waals surface area contributed by atoms with Gasteiger partial charge in [-0.05, 0) is 54.1 Å². The number of nitrogens with zero attached hydrogens (tertiary/aromatic N) is 1. The number of aryl methyl sites for hydroxylation is 1. The highest BCUT2D eigenvalue weighted by Crippen LogP contribution is 2.37. The van der Waals surface area contributed by atoms with Crippen molar-refractivity contribution < 1.29 is 14.0 Å². The first-order chi connectivity index (χ1) is 11.0. The van der Waals surface area contributed by atoms with E-state index < -0.39 is 17.0 Å². The van der Waals surface area contributed by atoms with E-state index in [-0.39, 0.29) is 10.7 Å². The molecule has 1 saturated heterocycles. The van der Waals surface area contributed by atoms with Gasteiger partial charge in [-0.25, -0.2) is 9.29 Å². The first-order valence-electron chi connectivity index (χ1n) is 6.76. The second-order valence-electron chi connectivity index (χ2n) is 4.97. The normalized spacial score (nSPS) is 16.5. The summed E-state index contributed by atoms with van der Waals surface area (Å²) in [5, 5.41) is -0.568. The summed E-state index contributed by atoms with van der Waals surface area (Å²) in [5.74, 6) is -1.04. The van der Waals surface area contributed by atoms with Crippen LogP contribution in [0.25, 0.3) is 6.08 Å². The summed E-state index contributed by atoms with van der Waals surface area (Å²) in [6.45, 7) is 1.93. The van der Waals surface area contributed by atoms with Crippen LogP contribution in [0.4, 0.5) is 14.9 Å². The maximum atomic E-state index is 13.3. The van der Waals surface area contributed by atoms with Crippen LogP contribution in [-0.4, -0.2) is 11.1 Å². The molecule has 1 fully saturated rings. The van der Waals surface area contributed by atoms with Crippen LogP contribution in [0.1, 0.15) is 11.1 Å². The van der Waals surface area contributed by atoms with Gasteiger partial charge in [0.15, 0.2) is 0 Å². The van der Waals surface area contributed by atoms with Crippen molar-refractivity contribution in [2.45, 2.75) is 6.92 Å². The van der Waals surface area contributed by atoms with Crippen LogP contribution in [0.3, 0.4) is 0 Å². The summed E-state index contributed by atoms with van der Waals surface area (Å²) in [6.07, 6.45) is 1.69. The lowest BCUT2D eigenvalue weighted by atomic mass is 10.1. The molecule has 3 rings (SSSR count). The molecule has 0 saturated carbocycles. The number of carbonyl (C=O) groups excluding carboxylic acids is 2. The third-order valence-corrected chi connectivity index (χ3v) is 4.59. The monoisotopic (exact) mass is 347 g/mol. The fourth-order valence-corrected chi connectivity index (χ4v) is 3.21. The first kappa shape index (κ1) is 15.8. The van der Waals surface area contributed by atoms with Crippen LogP contribution in [0.15, 0.2) is 47.4 Å². The van der Waals surface area contributed by atoms with Crippen molar-refractivity contribution in [3.8, 4) is 0 Å². The van der Waals surface area contributed by atoms with Crippen LogP contribution >= 0.6 is 23.4 Å². The Morgan fingerprint density at radius 3 is 2.61 bits per heavy atom. The average Bonchev–Trinajstić information content (AvgIpc) is 2.79. The Bertz CT molecular complexity index is 850. The molecule has 2 amide bonds. The van der Waals surface area contributed by atoms with Gasteiger partial charge in [0.05, 0.1) is 15.6 Å². The largest absolute Gasteiger partial charge is 0.298 e. The number of carbonyl (C=O) groups is 2. The van der Waals surface area contributed by atoms with E-state index in [1.807, 2.05) is 31.2 Å². The van der Waals surface area contributed by atoms with Crippen LogP contribution in [-0.2, 0) is 4.79 Å². The van der Waals surface area contributed by atoms with Crippen molar-refractivity contribution in [1.29, 1.82) is 0 Å². The molecule has 6 heteroatoms. The molecule has 0 N–H and O–H groups in total. The standard InChI is InChI=1S/C17H11ClFNO2S/c1-10-4-2-3-5-11(10)8-15-16(21)20(17(22)23-15)12-6-7-14(19)13(18)9-12/h2-9H,1H3/b15-8-. The summed E-state index contributed by atoms with van der Waals surface area (Å²) in [5.41, 5.74) is 2.13. The highest BCUT2D eigenvalue weighted by atomic mass is 35.5. The molecular formula is C17H11ClFNO2S. The van der Waals surface area contributed by atoms with Gasteiger partial charge >= 0.3 is 0 Å². The van der Waals surface area contributed by atoms with Crippen molar-refractivity contribution in [2.24, 2.45) is 0 Å². The summed E-state index contributed by atoms with van der Waals surface area (Å²) in [7, 11) is 0. The number of hydrogen-bond acceptors (Lipinski definition) is 3. The number of halogens is 2. The van der Waals surface area contributed by atoms with Gasteiger partial charge in [-0.1, -0.05) is 35.9 Å². The molecular weight excluding hydrogens is 337 g/mol. The van der Waals surface area contributed by atoms with Gasteiger partial charge in [-0.15, -0.1) is 0 Å². The molecule has 0 spiro atoms. The second kappa shape index (κ2) is 6.18. The number of benzene rings is 2. The van der Waals surface area contributed by atoms with E-state index >= 15 is 0 Å². The van der Waals surface area contributed by atoms with E-state index in [1.165, 1.54) is 12.1 Å². The van der Waals surface area contributed by atoms with E-state index in [9.17, 15) is 14.0 Å². The molecule has 1 aliphatic rings. The SMILES string of the molecule is Cc1ccccc1/C=C1\SC(=O)N(c2ccc(F)c(Cl)c2)C1=O. The smallest absolute Gasteiger partial charge is 0.268 e. The van der Waals surface area contributed by atoms with E-state index in [0.717, 1.165) is 33.9 Å². The molecule has 0 bridgehead atoms. The number of anilines is 1. The van der Waals surface area contributed by atoms with E-state index in [1.54, 1.807) is 6.08 Å². The van der Waals surface area contributed by atoms with E-state index in [0.29, 0.717) is 4.91 Å². The number of imide groups is 1. The number of hydrogen-bond donors (Lipinski definition) is 0. The molecule has 0 aliphatic carbocycles. The molecule has 116 valence electrons. The summed E-state index contributed by atoms with van der Waals surface area (Å²) in [4.78, 5) is 26.0. The van der Waals surface area contributed by atoms with Crippen LogP contribution < -0.4 is 4.90 Å². The zero-order valence-electron chi connectivity index (χ0n) is 12.0. The summed E-state index contributed by atoms with van der Waals surface area (Å²) >= 11 is 6.58. The Morgan fingerprint density at radius 2 is 1.91 bits per heavy atom. The minimum Gasteiger partial charge on any atom is -0.268 e. The first-order valence-corrected chi connectivity index (χ1v) is 7.95. The predicted octanol–water partition coefficient (Wildman–Crippen LogP) is 5.03. The van der Waals surface area contributed by atoms with E-state index in [4.69, 9.17) is 11.6 Å². The lowest BCUT2D eigenvalue weighted by Gasteiger charge is -2.12. The van der Waals surface area contributed by atoms with Gasteiger partial charge in [0.2, 0.25) is 0 Å². The van der Waals surface area contributed by atoms with Crippen LogP contribution in [0.2, 0.25) is 5.02 Å². The zero-order chi connectivity index (χ0) is 16.6. The molecule has 2 aromatic rings. The van der Waals surface area contributed by atoms with Crippen molar-refractivity contribution in [3.63, 3.8) is 0 Å². The van der Waals surface area contributed by atoms with E-state index in [2.05, 4.69) is 0 Å². The molecule has 2 aromatic carbocycles. The van der Waals surface area contributed by atoms with Crippen molar-refractivity contribution in [1.82, 2.24) is 0 Å². The Labute approximate surface area is 141 Å². The van der Waals surface area contributed by atoms with Gasteiger partial charge in [0, 0.05) is 0 Å². The maximum absolute atomic E-state index is 13.3. The molecule has 1 aliphatic heterocycles. The van der Waals surface area contributed by atoms with Crippen LogP contribution in [0.5, 0.6) is 0 Å². The van der Waals surface area contributed by atoms with Gasteiger partial charge in [0.1, 0.15) is 5.82 Å². The van der Waals surface area contributed by atoms with Crippen LogP contribution in [0, 0.1) is 12.7 Å². The molecule has 0 unspecified atom stereocenters. The van der Waals surface area contributed by atoms with Crippen molar-refractivity contribution in [3.05, 3.63) is 69.3 Å². The van der Waals surface area contributed by atoms with Crippen molar-refractivity contribution >= 4 is 46.3 Å². The fourth-order valence-electron chi connectivity index (χ4n) is 2.20. The minimum atomic E-state index is -0.599.